The number of hydrogen-bond donors (Lipinski definition) is 1. The first-order valence-electron chi connectivity index (χ1n) is 10.2. The van der Waals surface area contributed by atoms with Crippen LogP contribution in [0.25, 0.3) is 22.3 Å². The molecule has 148 valence electrons. The molecule has 0 amide bonds. The number of fused-ring (bicyclic) bond motifs is 4. The van der Waals surface area contributed by atoms with Gasteiger partial charge in [0.15, 0.2) is 0 Å². The van der Waals surface area contributed by atoms with E-state index >= 15 is 0 Å². The van der Waals surface area contributed by atoms with Crippen LogP contribution in [0.4, 0.5) is 4.39 Å². The lowest BCUT2D eigenvalue weighted by Gasteiger charge is -2.21. The number of aromatic nitrogens is 2. The third-order valence-corrected chi connectivity index (χ3v) is 6.56. The first-order chi connectivity index (χ1) is 14.0. The van der Waals surface area contributed by atoms with Crippen molar-refractivity contribution in [2.75, 3.05) is 0 Å². The van der Waals surface area contributed by atoms with E-state index in [1.165, 1.54) is 17.7 Å². The Morgan fingerprint density at radius 1 is 1.31 bits per heavy atom. The molecule has 1 unspecified atom stereocenters. The summed E-state index contributed by atoms with van der Waals surface area (Å²) in [5.74, 6) is -0.229. The Morgan fingerprint density at radius 3 is 2.79 bits per heavy atom. The van der Waals surface area contributed by atoms with E-state index in [2.05, 4.69) is 6.58 Å². The van der Waals surface area contributed by atoms with Gasteiger partial charge in [-0.15, -0.1) is 6.58 Å². The van der Waals surface area contributed by atoms with Gasteiger partial charge in [0.25, 0.3) is 5.56 Å². The molecule has 4 nitrogen and oxygen atoms in total. The summed E-state index contributed by atoms with van der Waals surface area (Å²) in [6.45, 7) is 7.90. The molecule has 1 aliphatic heterocycles. The van der Waals surface area contributed by atoms with E-state index in [4.69, 9.17) is 4.98 Å². The van der Waals surface area contributed by atoms with E-state index in [0.29, 0.717) is 40.9 Å². The summed E-state index contributed by atoms with van der Waals surface area (Å²) >= 11 is 0. The second kappa shape index (κ2) is 6.36. The van der Waals surface area contributed by atoms with Crippen molar-refractivity contribution in [1.82, 2.24) is 9.55 Å². The summed E-state index contributed by atoms with van der Waals surface area (Å²) in [6.07, 6.45) is 3.80. The predicted octanol–water partition coefficient (Wildman–Crippen LogP) is 4.14. The molecule has 5 rings (SSSR count). The number of aliphatic hydroxyl groups excluding tert-OH is 1. The molecule has 0 radical (unpaired) electrons. The first kappa shape index (κ1) is 18.3. The van der Waals surface area contributed by atoms with Gasteiger partial charge in [-0.2, -0.15) is 0 Å². The average molecular weight is 390 g/mol. The number of pyridine rings is 2. The van der Waals surface area contributed by atoms with E-state index in [0.717, 1.165) is 41.5 Å². The highest BCUT2D eigenvalue weighted by Crippen LogP contribution is 2.41. The van der Waals surface area contributed by atoms with E-state index in [9.17, 15) is 14.3 Å². The van der Waals surface area contributed by atoms with Crippen molar-refractivity contribution in [3.8, 4) is 11.4 Å². The Balaban J connectivity index is 1.86. The molecule has 1 atom stereocenters. The standard InChI is InChI=1S/C24H23FN2O2/c1-4-13-16(21(28)5-2)9-20-23-17(11-27(20)24(13)29)15-8-6-7-14-12(3)18(25)10-19(26-23)22(14)15/h5,9-10,21,28H,2,4,6-8,11H2,1,3H3. The second-order valence-corrected chi connectivity index (χ2v) is 8.02. The van der Waals surface area contributed by atoms with Gasteiger partial charge in [-0.25, -0.2) is 9.37 Å². The summed E-state index contributed by atoms with van der Waals surface area (Å²) in [5.41, 5.74) is 7.21. The van der Waals surface area contributed by atoms with Crippen molar-refractivity contribution < 1.29 is 9.50 Å². The van der Waals surface area contributed by atoms with E-state index in [1.807, 2.05) is 19.9 Å². The van der Waals surface area contributed by atoms with Crippen LogP contribution in [-0.4, -0.2) is 14.7 Å². The van der Waals surface area contributed by atoms with Crippen molar-refractivity contribution in [2.24, 2.45) is 0 Å². The predicted molar refractivity (Wildman–Crippen MR) is 112 cm³/mol. The lowest BCUT2D eigenvalue weighted by Crippen LogP contribution is -2.25. The Hall–Kier alpha value is -2.79. The maximum Gasteiger partial charge on any atom is 0.254 e. The minimum atomic E-state index is -0.905. The number of hydrogen-bond acceptors (Lipinski definition) is 3. The third kappa shape index (κ3) is 2.40. The third-order valence-electron chi connectivity index (χ3n) is 6.56. The molecule has 1 aliphatic carbocycles. The number of nitrogens with zero attached hydrogens (tertiary/aromatic N) is 2. The lowest BCUT2D eigenvalue weighted by molar-refractivity contribution is 0.227. The highest BCUT2D eigenvalue weighted by molar-refractivity contribution is 5.92. The van der Waals surface area contributed by atoms with Gasteiger partial charge in [0.2, 0.25) is 0 Å². The molecule has 0 saturated heterocycles. The minimum absolute atomic E-state index is 0.0893. The average Bonchev–Trinajstić information content (AvgIpc) is 3.10. The second-order valence-electron chi connectivity index (χ2n) is 8.02. The number of rotatable bonds is 3. The van der Waals surface area contributed by atoms with Gasteiger partial charge in [0.1, 0.15) is 5.82 Å². The molecule has 2 aromatic heterocycles. The van der Waals surface area contributed by atoms with Crippen LogP contribution in [-0.2, 0) is 25.8 Å². The smallest absolute Gasteiger partial charge is 0.254 e. The van der Waals surface area contributed by atoms with Crippen LogP contribution in [0, 0.1) is 12.7 Å². The monoisotopic (exact) mass is 390 g/mol. The van der Waals surface area contributed by atoms with Crippen LogP contribution in [0.3, 0.4) is 0 Å². The normalized spacial score (nSPS) is 15.3. The molecule has 0 spiro atoms. The van der Waals surface area contributed by atoms with Crippen LogP contribution < -0.4 is 5.56 Å². The van der Waals surface area contributed by atoms with Gasteiger partial charge >= 0.3 is 0 Å². The van der Waals surface area contributed by atoms with Gasteiger partial charge in [-0.05, 0) is 60.9 Å². The lowest BCUT2D eigenvalue weighted by atomic mass is 9.85. The molecular weight excluding hydrogens is 367 g/mol. The molecule has 0 fully saturated rings. The highest BCUT2D eigenvalue weighted by atomic mass is 19.1. The van der Waals surface area contributed by atoms with E-state index in [-0.39, 0.29) is 11.4 Å². The van der Waals surface area contributed by atoms with Gasteiger partial charge in [0, 0.05) is 22.6 Å². The van der Waals surface area contributed by atoms with Crippen LogP contribution in [0.15, 0.2) is 29.6 Å². The van der Waals surface area contributed by atoms with Crippen molar-refractivity contribution in [3.63, 3.8) is 0 Å². The zero-order valence-electron chi connectivity index (χ0n) is 16.7. The minimum Gasteiger partial charge on any atom is -0.384 e. The molecule has 1 N–H and O–H groups in total. The van der Waals surface area contributed by atoms with Crippen LogP contribution in [0.5, 0.6) is 0 Å². The molecule has 0 saturated carbocycles. The zero-order chi connectivity index (χ0) is 20.4. The van der Waals surface area contributed by atoms with Gasteiger partial charge in [-0.3, -0.25) is 4.79 Å². The van der Waals surface area contributed by atoms with Crippen molar-refractivity contribution in [3.05, 3.63) is 74.3 Å². The SMILES string of the molecule is C=CC(O)c1cc2n(c(=O)c1CC)Cc1c-2nc2cc(F)c(C)c3c2c1CCC3. The Bertz CT molecular complexity index is 1270. The van der Waals surface area contributed by atoms with Crippen molar-refractivity contribution in [2.45, 2.75) is 52.2 Å². The highest BCUT2D eigenvalue weighted by Gasteiger charge is 2.31. The molecule has 0 bridgehead atoms. The summed E-state index contributed by atoms with van der Waals surface area (Å²) in [6, 6.07) is 3.38. The topological polar surface area (TPSA) is 55.1 Å². The number of halogens is 1. The van der Waals surface area contributed by atoms with Gasteiger partial charge < -0.3 is 9.67 Å². The summed E-state index contributed by atoms with van der Waals surface area (Å²) in [5, 5.41) is 11.5. The van der Waals surface area contributed by atoms with E-state index < -0.39 is 6.10 Å². The first-order valence-corrected chi connectivity index (χ1v) is 10.2. The molecular formula is C24H23FN2O2. The quantitative estimate of drug-likeness (QED) is 0.535. The van der Waals surface area contributed by atoms with Crippen molar-refractivity contribution >= 4 is 10.9 Å². The van der Waals surface area contributed by atoms with Crippen LogP contribution >= 0.6 is 0 Å². The summed E-state index contributed by atoms with van der Waals surface area (Å²) in [4.78, 5) is 18.0. The molecule has 3 aromatic rings. The zero-order valence-corrected chi connectivity index (χ0v) is 16.7. The largest absolute Gasteiger partial charge is 0.384 e. The van der Waals surface area contributed by atoms with E-state index in [1.54, 1.807) is 4.57 Å². The molecule has 3 heterocycles. The van der Waals surface area contributed by atoms with Crippen LogP contribution in [0.1, 0.15) is 52.8 Å². The summed E-state index contributed by atoms with van der Waals surface area (Å²) < 4.78 is 16.3. The molecule has 1 aromatic carbocycles. The Kier molecular flexibility index (Phi) is 4.00. The fourth-order valence-corrected chi connectivity index (χ4v) is 5.07. The molecule has 5 heteroatoms. The maximum absolute atomic E-state index is 14.5. The Labute approximate surface area is 168 Å². The number of aryl methyl sites for hydroxylation is 2. The van der Waals surface area contributed by atoms with Crippen LogP contribution in [0.2, 0.25) is 0 Å². The van der Waals surface area contributed by atoms with Gasteiger partial charge in [-0.1, -0.05) is 13.0 Å². The maximum atomic E-state index is 14.5. The number of benzene rings is 1. The Morgan fingerprint density at radius 2 is 2.07 bits per heavy atom. The molecule has 29 heavy (non-hydrogen) atoms. The van der Waals surface area contributed by atoms with Crippen molar-refractivity contribution in [1.29, 1.82) is 0 Å². The number of aliphatic hydroxyl groups is 1. The summed E-state index contributed by atoms with van der Waals surface area (Å²) in [7, 11) is 0. The fourth-order valence-electron chi connectivity index (χ4n) is 5.07. The van der Waals surface area contributed by atoms with Gasteiger partial charge in [0.05, 0.1) is 29.6 Å². The fraction of sp³-hybridized carbons (Fsp3) is 0.333. The molecule has 2 aliphatic rings.